The van der Waals surface area contributed by atoms with Crippen molar-refractivity contribution in [2.24, 2.45) is 0 Å². The van der Waals surface area contributed by atoms with Crippen LogP contribution in [0.2, 0.25) is 5.02 Å². The zero-order chi connectivity index (χ0) is 16.7. The molecule has 0 aliphatic heterocycles. The summed E-state index contributed by atoms with van der Waals surface area (Å²) in [5, 5.41) is 2.85. The highest BCUT2D eigenvalue weighted by molar-refractivity contribution is 6.30. The number of aryl methyl sites for hydroxylation is 1. The van der Waals surface area contributed by atoms with Gasteiger partial charge >= 0.3 is 0 Å². The van der Waals surface area contributed by atoms with E-state index in [1.54, 1.807) is 0 Å². The summed E-state index contributed by atoms with van der Waals surface area (Å²) in [4.78, 5) is 11.8. The van der Waals surface area contributed by atoms with Gasteiger partial charge in [0, 0.05) is 12.1 Å². The first kappa shape index (κ1) is 17.3. The van der Waals surface area contributed by atoms with Crippen LogP contribution in [0, 0.1) is 5.82 Å². The molecule has 0 spiro atoms. The molecule has 1 amide bonds. The molecule has 5 heteroatoms. The van der Waals surface area contributed by atoms with Crippen molar-refractivity contribution in [2.75, 3.05) is 6.61 Å². The van der Waals surface area contributed by atoms with Crippen molar-refractivity contribution < 1.29 is 13.9 Å². The first-order valence-electron chi connectivity index (χ1n) is 7.45. The lowest BCUT2D eigenvalue weighted by Gasteiger charge is -2.14. The van der Waals surface area contributed by atoms with E-state index in [-0.39, 0.29) is 23.6 Å². The van der Waals surface area contributed by atoms with E-state index in [4.69, 9.17) is 16.3 Å². The van der Waals surface area contributed by atoms with Crippen molar-refractivity contribution in [3.8, 4) is 5.75 Å². The van der Waals surface area contributed by atoms with Crippen LogP contribution in [0.4, 0.5) is 4.39 Å². The van der Waals surface area contributed by atoms with Gasteiger partial charge in [-0.3, -0.25) is 4.79 Å². The molecule has 0 fully saturated rings. The highest BCUT2D eigenvalue weighted by Gasteiger charge is 2.09. The first-order chi connectivity index (χ1) is 11.0. The highest BCUT2D eigenvalue weighted by atomic mass is 35.5. The fourth-order valence-electron chi connectivity index (χ4n) is 2.13. The van der Waals surface area contributed by atoms with Gasteiger partial charge in [0.25, 0.3) is 5.91 Å². The molecule has 3 nitrogen and oxygen atoms in total. The predicted molar refractivity (Wildman–Crippen MR) is 89.3 cm³/mol. The van der Waals surface area contributed by atoms with Crippen LogP contribution in [0.15, 0.2) is 48.5 Å². The van der Waals surface area contributed by atoms with Crippen LogP contribution in [0.5, 0.6) is 5.75 Å². The highest BCUT2D eigenvalue weighted by Crippen LogP contribution is 2.20. The van der Waals surface area contributed by atoms with Gasteiger partial charge in [0.05, 0.1) is 5.02 Å². The Hall–Kier alpha value is -2.07. The molecule has 2 aromatic carbocycles. The maximum Gasteiger partial charge on any atom is 0.258 e. The Morgan fingerprint density at radius 2 is 2.00 bits per heavy atom. The number of rotatable bonds is 7. The summed E-state index contributed by atoms with van der Waals surface area (Å²) >= 11 is 5.66. The number of carbonyl (C=O) groups excluding carboxylic acids is 1. The summed E-state index contributed by atoms with van der Waals surface area (Å²) in [6.45, 7) is 1.83. The molecule has 0 unspecified atom stereocenters. The molecule has 23 heavy (non-hydrogen) atoms. The summed E-state index contributed by atoms with van der Waals surface area (Å²) < 4.78 is 18.3. The SMILES string of the molecule is C[C@H](CCc1ccccc1)NC(=O)COc1ccc(F)c(Cl)c1. The van der Waals surface area contributed by atoms with Crippen molar-refractivity contribution in [1.29, 1.82) is 0 Å². The molecule has 0 aliphatic rings. The van der Waals surface area contributed by atoms with Gasteiger partial charge in [0.15, 0.2) is 6.61 Å². The Morgan fingerprint density at radius 1 is 1.26 bits per heavy atom. The van der Waals surface area contributed by atoms with E-state index in [9.17, 15) is 9.18 Å². The van der Waals surface area contributed by atoms with Gasteiger partial charge < -0.3 is 10.1 Å². The first-order valence-corrected chi connectivity index (χ1v) is 7.83. The average Bonchev–Trinajstić information content (AvgIpc) is 2.55. The van der Waals surface area contributed by atoms with Crippen LogP contribution in [-0.4, -0.2) is 18.6 Å². The average molecular weight is 336 g/mol. The Bertz CT molecular complexity index is 649. The van der Waals surface area contributed by atoms with Crippen LogP contribution < -0.4 is 10.1 Å². The fraction of sp³-hybridized carbons (Fsp3) is 0.278. The van der Waals surface area contributed by atoms with Gasteiger partial charge in [-0.2, -0.15) is 0 Å². The Kier molecular flexibility index (Phi) is 6.41. The molecule has 122 valence electrons. The Labute approximate surface area is 140 Å². The molecule has 1 atom stereocenters. The molecule has 1 N–H and O–H groups in total. The molecular formula is C18H19ClFNO2. The summed E-state index contributed by atoms with van der Waals surface area (Å²) in [6, 6.07) is 14.2. The quantitative estimate of drug-likeness (QED) is 0.830. The summed E-state index contributed by atoms with van der Waals surface area (Å²) in [5.41, 5.74) is 1.24. The smallest absolute Gasteiger partial charge is 0.258 e. The number of ether oxygens (including phenoxy) is 1. The normalized spacial score (nSPS) is 11.8. The van der Waals surface area contributed by atoms with Gasteiger partial charge in [0.1, 0.15) is 11.6 Å². The van der Waals surface area contributed by atoms with Crippen LogP contribution in [0.1, 0.15) is 18.9 Å². The lowest BCUT2D eigenvalue weighted by atomic mass is 10.1. The van der Waals surface area contributed by atoms with E-state index in [2.05, 4.69) is 17.4 Å². The van der Waals surface area contributed by atoms with E-state index >= 15 is 0 Å². The summed E-state index contributed by atoms with van der Waals surface area (Å²) in [6.07, 6.45) is 1.74. The molecule has 2 aromatic rings. The largest absolute Gasteiger partial charge is 0.484 e. The number of hydrogen-bond donors (Lipinski definition) is 1. The topological polar surface area (TPSA) is 38.3 Å². The lowest BCUT2D eigenvalue weighted by molar-refractivity contribution is -0.123. The minimum absolute atomic E-state index is 0.0286. The third-order valence-electron chi connectivity index (χ3n) is 3.38. The van der Waals surface area contributed by atoms with Crippen molar-refractivity contribution in [2.45, 2.75) is 25.8 Å². The second kappa shape index (κ2) is 8.53. The van der Waals surface area contributed by atoms with Gasteiger partial charge in [0.2, 0.25) is 0 Å². The van der Waals surface area contributed by atoms with Crippen molar-refractivity contribution in [3.05, 3.63) is 64.9 Å². The standard InChI is InChI=1S/C18H19ClFNO2/c1-13(7-8-14-5-3-2-4-6-14)21-18(22)12-23-15-9-10-17(20)16(19)11-15/h2-6,9-11,13H,7-8,12H2,1H3,(H,21,22)/t13-/m1/s1. The zero-order valence-corrected chi connectivity index (χ0v) is 13.6. The van der Waals surface area contributed by atoms with E-state index < -0.39 is 5.82 Å². The number of carbonyl (C=O) groups is 1. The van der Waals surface area contributed by atoms with Gasteiger partial charge in [-0.1, -0.05) is 41.9 Å². The minimum Gasteiger partial charge on any atom is -0.484 e. The van der Waals surface area contributed by atoms with Crippen LogP contribution >= 0.6 is 11.6 Å². The van der Waals surface area contributed by atoms with Crippen molar-refractivity contribution in [1.82, 2.24) is 5.32 Å². The maximum atomic E-state index is 13.0. The van der Waals surface area contributed by atoms with Crippen molar-refractivity contribution >= 4 is 17.5 Å². The monoisotopic (exact) mass is 335 g/mol. The number of hydrogen-bond acceptors (Lipinski definition) is 2. The predicted octanol–water partition coefficient (Wildman–Crippen LogP) is 4.00. The third-order valence-corrected chi connectivity index (χ3v) is 3.67. The molecule has 0 radical (unpaired) electrons. The van der Waals surface area contributed by atoms with Crippen LogP contribution in [0.3, 0.4) is 0 Å². The second-order valence-electron chi connectivity index (χ2n) is 5.36. The Balaban J connectivity index is 1.72. The van der Waals surface area contributed by atoms with Gasteiger partial charge in [-0.05, 0) is 37.5 Å². The number of halogens is 2. The number of amides is 1. The molecular weight excluding hydrogens is 317 g/mol. The van der Waals surface area contributed by atoms with Gasteiger partial charge in [-0.15, -0.1) is 0 Å². The summed E-state index contributed by atoms with van der Waals surface area (Å²) in [7, 11) is 0. The lowest BCUT2D eigenvalue weighted by Crippen LogP contribution is -2.36. The van der Waals surface area contributed by atoms with Gasteiger partial charge in [-0.25, -0.2) is 4.39 Å². The molecule has 0 aromatic heterocycles. The molecule has 0 saturated carbocycles. The molecule has 0 aliphatic carbocycles. The summed E-state index contributed by atoms with van der Waals surface area (Å²) in [5.74, 6) is -0.368. The molecule has 0 saturated heterocycles. The fourth-order valence-corrected chi connectivity index (χ4v) is 2.30. The zero-order valence-electron chi connectivity index (χ0n) is 12.9. The molecule has 2 rings (SSSR count). The van der Waals surface area contributed by atoms with E-state index in [0.29, 0.717) is 5.75 Å². The minimum atomic E-state index is -0.516. The number of benzene rings is 2. The van der Waals surface area contributed by atoms with E-state index in [1.165, 1.54) is 23.8 Å². The van der Waals surface area contributed by atoms with E-state index in [0.717, 1.165) is 12.8 Å². The molecule has 0 heterocycles. The van der Waals surface area contributed by atoms with Crippen molar-refractivity contribution in [3.63, 3.8) is 0 Å². The third kappa shape index (κ3) is 5.91. The Morgan fingerprint density at radius 3 is 2.70 bits per heavy atom. The second-order valence-corrected chi connectivity index (χ2v) is 5.76. The van der Waals surface area contributed by atoms with E-state index in [1.807, 2.05) is 25.1 Å². The van der Waals surface area contributed by atoms with Crippen LogP contribution in [-0.2, 0) is 11.2 Å². The number of nitrogens with one attached hydrogen (secondary N) is 1. The van der Waals surface area contributed by atoms with Crippen LogP contribution in [0.25, 0.3) is 0 Å². The maximum absolute atomic E-state index is 13.0. The molecule has 0 bridgehead atoms.